The van der Waals surface area contributed by atoms with Crippen LogP contribution in [0.15, 0.2) is 52.1 Å². The molecule has 0 saturated carbocycles. The van der Waals surface area contributed by atoms with E-state index in [1.54, 1.807) is 0 Å². The first-order chi connectivity index (χ1) is 16.1. The Kier molecular flexibility index (Phi) is 8.40. The summed E-state index contributed by atoms with van der Waals surface area (Å²) < 4.78 is 0.933. The fourth-order valence-corrected chi connectivity index (χ4v) is 4.16. The maximum atomic E-state index is 12.7. The number of nitrogens with one attached hydrogen (secondary N) is 3. The number of hydrogen-bond donors (Lipinski definition) is 3. The number of nitro benzene ring substituents is 1. The highest BCUT2D eigenvalue weighted by Gasteiger charge is 2.24. The van der Waals surface area contributed by atoms with Gasteiger partial charge in [-0.3, -0.25) is 24.8 Å². The van der Waals surface area contributed by atoms with Crippen molar-refractivity contribution in [2.75, 3.05) is 11.1 Å². The van der Waals surface area contributed by atoms with Crippen molar-refractivity contribution in [1.82, 2.24) is 20.5 Å². The lowest BCUT2D eigenvalue weighted by atomic mass is 10.0. The summed E-state index contributed by atoms with van der Waals surface area (Å²) in [5.41, 5.74) is 1.68. The third kappa shape index (κ3) is 6.64. The van der Waals surface area contributed by atoms with E-state index in [1.165, 1.54) is 24.3 Å². The van der Waals surface area contributed by atoms with Crippen LogP contribution in [-0.4, -0.2) is 37.7 Å². The van der Waals surface area contributed by atoms with Crippen LogP contribution in [0.1, 0.15) is 41.6 Å². The van der Waals surface area contributed by atoms with Crippen molar-refractivity contribution in [3.8, 4) is 0 Å². The average molecular weight is 547 g/mol. The molecule has 3 N–H and O–H groups in total. The van der Waals surface area contributed by atoms with Crippen molar-refractivity contribution < 1.29 is 14.5 Å². The van der Waals surface area contributed by atoms with Gasteiger partial charge in [0, 0.05) is 27.9 Å². The second-order valence-electron chi connectivity index (χ2n) is 7.80. The highest BCUT2D eigenvalue weighted by Crippen LogP contribution is 2.24. The summed E-state index contributed by atoms with van der Waals surface area (Å²) in [6.45, 7) is 5.71. The van der Waals surface area contributed by atoms with Crippen molar-refractivity contribution in [2.45, 2.75) is 32.0 Å². The molecule has 1 heterocycles. The van der Waals surface area contributed by atoms with Crippen molar-refractivity contribution >= 4 is 50.9 Å². The van der Waals surface area contributed by atoms with Gasteiger partial charge in [-0.2, -0.15) is 0 Å². The highest BCUT2D eigenvalue weighted by molar-refractivity contribution is 9.10. The Bertz CT molecular complexity index is 1220. The van der Waals surface area contributed by atoms with Crippen LogP contribution >= 0.6 is 27.7 Å². The van der Waals surface area contributed by atoms with Gasteiger partial charge in [-0.1, -0.05) is 47.6 Å². The standard InChI is InChI=1S/C22H23BrN6O4S/c1-12(2)19(25-21(31)14-5-4-6-16(10-14)29(32)33)20-26-22(28-27-20)34-11-18(30)24-17-8-7-15(23)9-13(17)3/h4-10,12,19H,11H2,1-3H3,(H,24,30)(H,25,31)(H,26,27,28)/t19-/m1/s1. The molecular formula is C22H23BrN6O4S. The van der Waals surface area contributed by atoms with Crippen LogP contribution in [0.4, 0.5) is 11.4 Å². The highest BCUT2D eigenvalue weighted by atomic mass is 79.9. The molecule has 2 amide bonds. The molecule has 0 bridgehead atoms. The van der Waals surface area contributed by atoms with Crippen LogP contribution in [0.3, 0.4) is 0 Å². The number of carbonyl (C=O) groups is 2. The number of anilines is 1. The van der Waals surface area contributed by atoms with Crippen LogP contribution in [-0.2, 0) is 4.79 Å². The Morgan fingerprint density at radius 3 is 2.68 bits per heavy atom. The van der Waals surface area contributed by atoms with Gasteiger partial charge in [-0.05, 0) is 42.7 Å². The van der Waals surface area contributed by atoms with Crippen LogP contribution in [0.5, 0.6) is 0 Å². The lowest BCUT2D eigenvalue weighted by Crippen LogP contribution is -2.32. The van der Waals surface area contributed by atoms with E-state index in [0.717, 1.165) is 27.5 Å². The van der Waals surface area contributed by atoms with E-state index in [1.807, 2.05) is 39.0 Å². The van der Waals surface area contributed by atoms with Crippen LogP contribution in [0, 0.1) is 23.0 Å². The molecule has 178 valence electrons. The minimum absolute atomic E-state index is 0.0443. The molecule has 0 fully saturated rings. The number of hydrogen-bond acceptors (Lipinski definition) is 7. The van der Waals surface area contributed by atoms with Gasteiger partial charge in [0.1, 0.15) is 5.82 Å². The lowest BCUT2D eigenvalue weighted by Gasteiger charge is -2.19. The van der Waals surface area contributed by atoms with Crippen molar-refractivity contribution in [3.63, 3.8) is 0 Å². The van der Waals surface area contributed by atoms with Gasteiger partial charge in [0.2, 0.25) is 11.1 Å². The first-order valence-electron chi connectivity index (χ1n) is 10.3. The number of rotatable bonds is 9. The number of halogens is 1. The molecule has 12 heteroatoms. The Morgan fingerprint density at radius 2 is 2.00 bits per heavy atom. The van der Waals surface area contributed by atoms with Crippen molar-refractivity contribution in [2.24, 2.45) is 5.92 Å². The van der Waals surface area contributed by atoms with Gasteiger partial charge in [0.25, 0.3) is 11.6 Å². The van der Waals surface area contributed by atoms with Gasteiger partial charge in [0.05, 0.1) is 16.7 Å². The third-order valence-corrected chi connectivity index (χ3v) is 6.18. The molecule has 2 aromatic carbocycles. The van der Waals surface area contributed by atoms with Gasteiger partial charge < -0.3 is 10.6 Å². The summed E-state index contributed by atoms with van der Waals surface area (Å²) in [5.74, 6) is -0.157. The number of H-pyrrole nitrogens is 1. The molecule has 0 aliphatic heterocycles. The fraction of sp³-hybridized carbons (Fsp3) is 0.273. The summed E-state index contributed by atoms with van der Waals surface area (Å²) in [5, 5.41) is 24.0. The number of thioether (sulfide) groups is 1. The van der Waals surface area contributed by atoms with E-state index in [-0.39, 0.29) is 28.8 Å². The number of aromatic amines is 1. The molecule has 0 spiro atoms. The number of benzene rings is 2. The topological polar surface area (TPSA) is 143 Å². The fourth-order valence-electron chi connectivity index (χ4n) is 3.08. The Labute approximate surface area is 208 Å². The van der Waals surface area contributed by atoms with E-state index in [4.69, 9.17) is 0 Å². The molecule has 0 unspecified atom stereocenters. The second kappa shape index (κ2) is 11.3. The monoisotopic (exact) mass is 546 g/mol. The number of non-ortho nitro benzene ring substituents is 1. The number of aryl methyl sites for hydroxylation is 1. The molecule has 3 rings (SSSR count). The van der Waals surface area contributed by atoms with Crippen LogP contribution < -0.4 is 10.6 Å². The molecular weight excluding hydrogens is 524 g/mol. The largest absolute Gasteiger partial charge is 0.342 e. The van der Waals surface area contributed by atoms with Crippen LogP contribution in [0.2, 0.25) is 0 Å². The second-order valence-corrected chi connectivity index (χ2v) is 9.66. The molecule has 3 aromatic rings. The molecule has 34 heavy (non-hydrogen) atoms. The van der Waals surface area contributed by atoms with Gasteiger partial charge in [0.15, 0.2) is 0 Å². The maximum Gasteiger partial charge on any atom is 0.270 e. The Hall–Kier alpha value is -3.25. The van der Waals surface area contributed by atoms with Crippen molar-refractivity contribution in [1.29, 1.82) is 0 Å². The Balaban J connectivity index is 1.63. The maximum absolute atomic E-state index is 12.7. The lowest BCUT2D eigenvalue weighted by molar-refractivity contribution is -0.384. The summed E-state index contributed by atoms with van der Waals surface area (Å²) in [6.07, 6.45) is 0. The van der Waals surface area contributed by atoms with E-state index in [9.17, 15) is 19.7 Å². The zero-order chi connectivity index (χ0) is 24.8. The van der Waals surface area contributed by atoms with E-state index < -0.39 is 16.9 Å². The quantitative estimate of drug-likeness (QED) is 0.201. The summed E-state index contributed by atoms with van der Waals surface area (Å²) in [4.78, 5) is 39.9. The summed E-state index contributed by atoms with van der Waals surface area (Å²) >= 11 is 4.56. The zero-order valence-corrected chi connectivity index (χ0v) is 21.1. The van der Waals surface area contributed by atoms with Gasteiger partial charge >= 0.3 is 0 Å². The molecule has 1 atom stereocenters. The number of nitrogens with zero attached hydrogens (tertiary/aromatic N) is 3. The molecule has 0 aliphatic carbocycles. The normalized spacial score (nSPS) is 11.8. The first-order valence-corrected chi connectivity index (χ1v) is 12.1. The first kappa shape index (κ1) is 25.4. The molecule has 1 aromatic heterocycles. The van der Waals surface area contributed by atoms with Crippen LogP contribution in [0.25, 0.3) is 0 Å². The molecule has 0 saturated heterocycles. The molecule has 0 radical (unpaired) electrons. The minimum atomic E-state index is -0.551. The number of amides is 2. The Morgan fingerprint density at radius 1 is 1.24 bits per heavy atom. The zero-order valence-electron chi connectivity index (χ0n) is 18.7. The average Bonchev–Trinajstić information content (AvgIpc) is 3.26. The van der Waals surface area contributed by atoms with E-state index in [0.29, 0.717) is 11.0 Å². The molecule has 10 nitrogen and oxygen atoms in total. The number of carbonyl (C=O) groups excluding carboxylic acids is 2. The van der Waals surface area contributed by atoms with E-state index >= 15 is 0 Å². The molecule has 0 aliphatic rings. The predicted octanol–water partition coefficient (Wildman–Crippen LogP) is 4.64. The predicted molar refractivity (Wildman–Crippen MR) is 133 cm³/mol. The van der Waals surface area contributed by atoms with E-state index in [2.05, 4.69) is 41.7 Å². The summed E-state index contributed by atoms with van der Waals surface area (Å²) in [7, 11) is 0. The van der Waals surface area contributed by atoms with Gasteiger partial charge in [-0.25, -0.2) is 4.98 Å². The van der Waals surface area contributed by atoms with Crippen molar-refractivity contribution in [3.05, 3.63) is 74.0 Å². The third-order valence-electron chi connectivity index (χ3n) is 4.84. The SMILES string of the molecule is Cc1cc(Br)ccc1NC(=O)CSc1n[nH]c([C@H](NC(=O)c2cccc([N+](=O)[O-])c2)C(C)C)n1. The minimum Gasteiger partial charge on any atom is -0.342 e. The smallest absolute Gasteiger partial charge is 0.270 e. The van der Waals surface area contributed by atoms with Gasteiger partial charge in [-0.15, -0.1) is 5.10 Å². The number of nitro groups is 1. The number of aromatic nitrogens is 3. The summed E-state index contributed by atoms with van der Waals surface area (Å²) in [6, 6.07) is 10.6.